The molecule has 0 aliphatic rings. The molecular formula is C9H14BrN3O. The zero-order valence-corrected chi connectivity index (χ0v) is 9.99. The van der Waals surface area contributed by atoms with Gasteiger partial charge in [0.2, 0.25) is 5.88 Å². The first-order valence-electron chi connectivity index (χ1n) is 4.43. The maximum absolute atomic E-state index is 5.46. The van der Waals surface area contributed by atoms with Gasteiger partial charge in [0.25, 0.3) is 0 Å². The predicted octanol–water partition coefficient (Wildman–Crippen LogP) is 1.57. The Bertz CT molecular complexity index is 281. The van der Waals surface area contributed by atoms with Crippen LogP contribution in [0.5, 0.6) is 5.88 Å². The van der Waals surface area contributed by atoms with Gasteiger partial charge in [0.15, 0.2) is 0 Å². The predicted molar refractivity (Wildman–Crippen MR) is 58.4 cm³/mol. The normalized spacial score (nSPS) is 10.6. The van der Waals surface area contributed by atoms with E-state index in [-0.39, 0.29) is 0 Å². The molecule has 1 rings (SSSR count). The number of nitrogens with zero attached hydrogens (tertiary/aromatic N) is 3. The maximum Gasteiger partial charge on any atom is 0.231 e. The molecular weight excluding hydrogens is 246 g/mol. The molecule has 1 aromatic rings. The van der Waals surface area contributed by atoms with Gasteiger partial charge in [0.05, 0.1) is 11.1 Å². The Morgan fingerprint density at radius 2 is 2.29 bits per heavy atom. The monoisotopic (exact) mass is 259 g/mol. The van der Waals surface area contributed by atoms with E-state index in [9.17, 15) is 0 Å². The van der Waals surface area contributed by atoms with Crippen molar-refractivity contribution in [2.75, 3.05) is 27.2 Å². The van der Waals surface area contributed by atoms with Crippen LogP contribution in [-0.2, 0) is 0 Å². The van der Waals surface area contributed by atoms with Crippen molar-refractivity contribution in [1.29, 1.82) is 0 Å². The third-order valence-corrected chi connectivity index (χ3v) is 2.17. The van der Waals surface area contributed by atoms with Crippen molar-refractivity contribution in [3.63, 3.8) is 0 Å². The van der Waals surface area contributed by atoms with Gasteiger partial charge in [-0.15, -0.1) is 0 Å². The van der Waals surface area contributed by atoms with E-state index in [0.29, 0.717) is 12.5 Å². The Kier molecular flexibility index (Phi) is 4.82. The number of rotatable bonds is 5. The molecule has 14 heavy (non-hydrogen) atoms. The van der Waals surface area contributed by atoms with Crippen molar-refractivity contribution in [1.82, 2.24) is 14.9 Å². The van der Waals surface area contributed by atoms with Crippen molar-refractivity contribution in [3.8, 4) is 5.88 Å². The lowest BCUT2D eigenvalue weighted by molar-refractivity contribution is 0.271. The first-order chi connectivity index (χ1) is 6.70. The Morgan fingerprint density at radius 1 is 1.50 bits per heavy atom. The largest absolute Gasteiger partial charge is 0.477 e. The molecule has 0 saturated carbocycles. The van der Waals surface area contributed by atoms with Crippen LogP contribution < -0.4 is 4.74 Å². The smallest absolute Gasteiger partial charge is 0.231 e. The molecule has 0 aliphatic carbocycles. The molecule has 0 unspecified atom stereocenters. The fraction of sp³-hybridized carbons (Fsp3) is 0.556. The summed E-state index contributed by atoms with van der Waals surface area (Å²) in [5, 5.41) is 0. The summed E-state index contributed by atoms with van der Waals surface area (Å²) in [6.07, 6.45) is 4.14. The zero-order valence-electron chi connectivity index (χ0n) is 8.40. The average molecular weight is 260 g/mol. The van der Waals surface area contributed by atoms with Crippen LogP contribution in [0.2, 0.25) is 0 Å². The van der Waals surface area contributed by atoms with E-state index in [2.05, 4.69) is 30.8 Å². The van der Waals surface area contributed by atoms with E-state index in [1.165, 1.54) is 6.33 Å². The summed E-state index contributed by atoms with van der Waals surface area (Å²) >= 11 is 3.32. The number of hydrogen-bond acceptors (Lipinski definition) is 4. The van der Waals surface area contributed by atoms with Crippen LogP contribution in [0, 0.1) is 0 Å². The van der Waals surface area contributed by atoms with Crippen molar-refractivity contribution < 1.29 is 4.74 Å². The summed E-state index contributed by atoms with van der Waals surface area (Å²) in [7, 11) is 4.08. The molecule has 1 aromatic heterocycles. The highest BCUT2D eigenvalue weighted by atomic mass is 79.9. The van der Waals surface area contributed by atoms with Gasteiger partial charge in [-0.3, -0.25) is 0 Å². The molecule has 0 amide bonds. The fourth-order valence-electron chi connectivity index (χ4n) is 0.957. The van der Waals surface area contributed by atoms with E-state index in [1.807, 2.05) is 14.1 Å². The summed E-state index contributed by atoms with van der Waals surface area (Å²) < 4.78 is 6.26. The second-order valence-electron chi connectivity index (χ2n) is 3.18. The SMILES string of the molecule is CN(C)CCCOc1ncncc1Br. The van der Waals surface area contributed by atoms with E-state index >= 15 is 0 Å². The van der Waals surface area contributed by atoms with Crippen LogP contribution in [0.3, 0.4) is 0 Å². The van der Waals surface area contributed by atoms with Crippen molar-refractivity contribution in [2.45, 2.75) is 6.42 Å². The highest BCUT2D eigenvalue weighted by molar-refractivity contribution is 9.10. The fourth-order valence-corrected chi connectivity index (χ4v) is 1.29. The molecule has 0 aliphatic heterocycles. The van der Waals surface area contributed by atoms with Gasteiger partial charge in [-0.2, -0.15) is 0 Å². The van der Waals surface area contributed by atoms with Gasteiger partial charge in [0.1, 0.15) is 6.33 Å². The second kappa shape index (κ2) is 5.93. The summed E-state index contributed by atoms with van der Waals surface area (Å²) in [6.45, 7) is 1.69. The lowest BCUT2D eigenvalue weighted by Crippen LogP contribution is -2.15. The quantitative estimate of drug-likeness (QED) is 0.753. The van der Waals surface area contributed by atoms with E-state index in [0.717, 1.165) is 17.4 Å². The minimum absolute atomic E-state index is 0.610. The van der Waals surface area contributed by atoms with Crippen LogP contribution in [0.4, 0.5) is 0 Å². The minimum Gasteiger partial charge on any atom is -0.477 e. The molecule has 1 heterocycles. The Hall–Kier alpha value is -0.680. The van der Waals surface area contributed by atoms with Gasteiger partial charge in [-0.1, -0.05) is 0 Å². The first kappa shape index (κ1) is 11.4. The topological polar surface area (TPSA) is 38.2 Å². The molecule has 0 fully saturated rings. The molecule has 4 nitrogen and oxygen atoms in total. The maximum atomic E-state index is 5.46. The van der Waals surface area contributed by atoms with E-state index < -0.39 is 0 Å². The Balaban J connectivity index is 2.28. The standard InChI is InChI=1S/C9H14BrN3O/c1-13(2)4-3-5-14-9-8(10)6-11-7-12-9/h6-7H,3-5H2,1-2H3. The summed E-state index contributed by atoms with van der Waals surface area (Å²) in [4.78, 5) is 9.98. The van der Waals surface area contributed by atoms with E-state index in [4.69, 9.17) is 4.74 Å². The number of halogens is 1. The minimum atomic E-state index is 0.610. The van der Waals surface area contributed by atoms with Crippen molar-refractivity contribution in [3.05, 3.63) is 17.0 Å². The van der Waals surface area contributed by atoms with Gasteiger partial charge in [-0.05, 0) is 36.4 Å². The zero-order chi connectivity index (χ0) is 10.4. The molecule has 0 N–H and O–H groups in total. The lowest BCUT2D eigenvalue weighted by atomic mass is 10.4. The highest BCUT2D eigenvalue weighted by Crippen LogP contribution is 2.19. The first-order valence-corrected chi connectivity index (χ1v) is 5.22. The average Bonchev–Trinajstić information content (AvgIpc) is 2.15. The van der Waals surface area contributed by atoms with Gasteiger partial charge < -0.3 is 9.64 Å². The van der Waals surface area contributed by atoms with Crippen LogP contribution in [0.25, 0.3) is 0 Å². The lowest BCUT2D eigenvalue weighted by Gasteiger charge is -2.10. The summed E-state index contributed by atoms with van der Waals surface area (Å²) in [5.74, 6) is 0.610. The Morgan fingerprint density at radius 3 is 2.93 bits per heavy atom. The van der Waals surface area contributed by atoms with Crippen LogP contribution in [-0.4, -0.2) is 42.1 Å². The number of hydrogen-bond donors (Lipinski definition) is 0. The summed E-state index contributed by atoms with van der Waals surface area (Å²) in [5.41, 5.74) is 0. The molecule has 0 radical (unpaired) electrons. The molecule has 0 aromatic carbocycles. The molecule has 0 bridgehead atoms. The van der Waals surface area contributed by atoms with Gasteiger partial charge in [-0.25, -0.2) is 9.97 Å². The van der Waals surface area contributed by atoms with Gasteiger partial charge in [0, 0.05) is 12.7 Å². The van der Waals surface area contributed by atoms with Crippen molar-refractivity contribution in [2.24, 2.45) is 0 Å². The van der Waals surface area contributed by atoms with Crippen LogP contribution in [0.15, 0.2) is 17.0 Å². The highest BCUT2D eigenvalue weighted by Gasteiger charge is 2.01. The van der Waals surface area contributed by atoms with Crippen LogP contribution in [0.1, 0.15) is 6.42 Å². The molecule has 0 saturated heterocycles. The van der Waals surface area contributed by atoms with Crippen molar-refractivity contribution >= 4 is 15.9 Å². The third kappa shape index (κ3) is 4.02. The third-order valence-electron chi connectivity index (χ3n) is 1.62. The molecule has 0 spiro atoms. The number of aromatic nitrogens is 2. The number of ether oxygens (including phenoxy) is 1. The molecule has 5 heteroatoms. The molecule has 0 atom stereocenters. The second-order valence-corrected chi connectivity index (χ2v) is 4.04. The summed E-state index contributed by atoms with van der Waals surface area (Å²) in [6, 6.07) is 0. The van der Waals surface area contributed by atoms with E-state index in [1.54, 1.807) is 6.20 Å². The van der Waals surface area contributed by atoms with Gasteiger partial charge >= 0.3 is 0 Å². The Labute approximate surface area is 92.4 Å². The molecule has 78 valence electrons. The van der Waals surface area contributed by atoms with Crippen LogP contribution >= 0.6 is 15.9 Å².